The van der Waals surface area contributed by atoms with Gasteiger partial charge in [0.05, 0.1) is 11.8 Å². The predicted molar refractivity (Wildman–Crippen MR) is 178 cm³/mol. The lowest BCUT2D eigenvalue weighted by atomic mass is 9.92. The molecule has 10 nitrogen and oxygen atoms in total. The average molecular weight is 707 g/mol. The molecule has 4 aromatic rings. The largest absolute Gasteiger partial charge is 0.387 e. The molecule has 4 aromatic heterocycles. The molecule has 2 saturated carbocycles. The highest BCUT2D eigenvalue weighted by Gasteiger charge is 2.36. The van der Waals surface area contributed by atoms with Crippen molar-refractivity contribution in [2.24, 2.45) is 0 Å². The number of nitrogens with zero attached hydrogens (tertiary/aromatic N) is 6. The molecule has 4 heterocycles. The molecule has 2 aliphatic rings. The van der Waals surface area contributed by atoms with Crippen molar-refractivity contribution in [2.75, 3.05) is 10.6 Å². The summed E-state index contributed by atoms with van der Waals surface area (Å²) in [6.07, 6.45) is 0.302. The molecule has 48 heavy (non-hydrogen) atoms. The zero-order valence-corrected chi connectivity index (χ0v) is 28.7. The van der Waals surface area contributed by atoms with Crippen molar-refractivity contribution >= 4 is 40.1 Å². The molecule has 0 amide bonds. The van der Waals surface area contributed by atoms with Gasteiger partial charge in [-0.2, -0.15) is 0 Å². The van der Waals surface area contributed by atoms with Gasteiger partial charge < -0.3 is 15.7 Å². The van der Waals surface area contributed by atoms with Crippen molar-refractivity contribution < 1.29 is 27.5 Å². The van der Waals surface area contributed by atoms with E-state index in [4.69, 9.17) is 0 Å². The fourth-order valence-electron chi connectivity index (χ4n) is 5.35. The molecule has 0 radical (unpaired) electrons. The number of hydrogen-bond donors (Lipinski definition) is 3. The van der Waals surface area contributed by atoms with E-state index in [1.165, 1.54) is 29.6 Å². The number of ketones is 1. The summed E-state index contributed by atoms with van der Waals surface area (Å²) in [5.41, 5.74) is 2.51. The highest BCUT2D eigenvalue weighted by Crippen LogP contribution is 2.36. The van der Waals surface area contributed by atoms with Crippen LogP contribution in [0, 0.1) is 13.8 Å². The Morgan fingerprint density at radius 3 is 1.60 bits per heavy atom. The van der Waals surface area contributed by atoms with E-state index in [0.29, 0.717) is 64.7 Å². The number of aromatic nitrogens is 6. The SMILES string of the molecule is CC(=O)c1cc(NC2CCC(F)(F)CC2)nc(-c2nc(C)cs2)n1.Cc1csc(-c2nc(NC3CCC(F)(F)CC3)cc(C(C)O)n2)n1. The van der Waals surface area contributed by atoms with Crippen molar-refractivity contribution in [1.82, 2.24) is 29.9 Å². The number of alkyl halides is 4. The van der Waals surface area contributed by atoms with Gasteiger partial charge >= 0.3 is 0 Å². The summed E-state index contributed by atoms with van der Waals surface area (Å²) in [4.78, 5) is 37.9. The minimum absolute atomic E-state index is 0.0488. The maximum Gasteiger partial charge on any atom is 0.248 e. The average Bonchev–Trinajstić information content (AvgIpc) is 3.67. The first-order chi connectivity index (χ1) is 22.6. The van der Waals surface area contributed by atoms with E-state index in [0.717, 1.165) is 11.4 Å². The van der Waals surface area contributed by atoms with Crippen molar-refractivity contribution in [1.29, 1.82) is 0 Å². The van der Waals surface area contributed by atoms with Crippen LogP contribution in [-0.2, 0) is 0 Å². The number of aliphatic hydroxyl groups is 1. The maximum atomic E-state index is 13.3. The van der Waals surface area contributed by atoms with E-state index in [9.17, 15) is 27.5 Å². The minimum Gasteiger partial charge on any atom is -0.387 e. The first kappa shape index (κ1) is 35.7. The molecule has 0 aromatic carbocycles. The predicted octanol–water partition coefficient (Wildman–Crippen LogP) is 8.05. The zero-order valence-electron chi connectivity index (χ0n) is 27.1. The van der Waals surface area contributed by atoms with Gasteiger partial charge in [0, 0.05) is 79.0 Å². The molecule has 0 saturated heterocycles. The normalized spacial score (nSPS) is 18.4. The van der Waals surface area contributed by atoms with Gasteiger partial charge in [-0.3, -0.25) is 4.79 Å². The number of hydrogen-bond acceptors (Lipinski definition) is 12. The van der Waals surface area contributed by atoms with Gasteiger partial charge in [0.15, 0.2) is 27.4 Å². The molecule has 258 valence electrons. The van der Waals surface area contributed by atoms with Crippen LogP contribution in [0.25, 0.3) is 21.7 Å². The quantitative estimate of drug-likeness (QED) is 0.122. The molecule has 6 rings (SSSR count). The Balaban J connectivity index is 0.000000188. The van der Waals surface area contributed by atoms with Crippen LogP contribution in [-0.4, -0.2) is 64.7 Å². The molecule has 1 unspecified atom stereocenters. The molecule has 2 fully saturated rings. The number of carbonyl (C=O) groups excluding carboxylic acids is 1. The van der Waals surface area contributed by atoms with Gasteiger partial charge in [-0.15, -0.1) is 22.7 Å². The molecule has 0 spiro atoms. The Hall–Kier alpha value is -3.63. The van der Waals surface area contributed by atoms with Crippen molar-refractivity contribution in [2.45, 2.75) is 109 Å². The van der Waals surface area contributed by atoms with E-state index < -0.39 is 17.9 Å². The third kappa shape index (κ3) is 9.72. The molecule has 2 aliphatic carbocycles. The summed E-state index contributed by atoms with van der Waals surface area (Å²) < 4.78 is 53.1. The Labute approximate surface area is 283 Å². The van der Waals surface area contributed by atoms with Crippen LogP contribution < -0.4 is 10.6 Å². The molecule has 0 bridgehead atoms. The van der Waals surface area contributed by atoms with Crippen molar-refractivity contribution in [3.63, 3.8) is 0 Å². The summed E-state index contributed by atoms with van der Waals surface area (Å²) in [6.45, 7) is 6.82. The van der Waals surface area contributed by atoms with E-state index >= 15 is 0 Å². The van der Waals surface area contributed by atoms with Crippen molar-refractivity contribution in [3.05, 3.63) is 45.7 Å². The highest BCUT2D eigenvalue weighted by atomic mass is 32.1. The standard InChI is InChI=1S/C16H20F2N4OS.C16H18F2N4OS/c2*1-9-8-24-15(19-9)14-21-12(10(2)23)7-13(22-14)20-11-3-5-16(17,18)6-4-11/h7-8,10-11,23H,3-6H2,1-2H3,(H,20,21,22);7-8,11H,3-6H2,1-2H3,(H,20,21,22). The number of aliphatic hydroxyl groups excluding tert-OH is 1. The van der Waals surface area contributed by atoms with E-state index in [-0.39, 0.29) is 49.2 Å². The number of thiazole rings is 2. The third-order valence-electron chi connectivity index (χ3n) is 8.02. The Morgan fingerprint density at radius 2 is 1.21 bits per heavy atom. The smallest absolute Gasteiger partial charge is 0.248 e. The maximum absolute atomic E-state index is 13.3. The van der Waals surface area contributed by atoms with E-state index in [2.05, 4.69) is 40.5 Å². The number of nitrogens with one attached hydrogen (secondary N) is 2. The monoisotopic (exact) mass is 706 g/mol. The van der Waals surface area contributed by atoms with Crippen LogP contribution in [0.5, 0.6) is 0 Å². The fraction of sp³-hybridized carbons (Fsp3) is 0.531. The van der Waals surface area contributed by atoms with Gasteiger partial charge in [-0.25, -0.2) is 47.5 Å². The molecule has 0 aliphatic heterocycles. The number of carbonyl (C=O) groups is 1. The molecule has 1 atom stereocenters. The van der Waals surface area contributed by atoms with Crippen LogP contribution >= 0.6 is 22.7 Å². The summed E-state index contributed by atoms with van der Waals surface area (Å²) in [5.74, 6) is -3.46. The zero-order chi connectivity index (χ0) is 34.6. The first-order valence-corrected chi connectivity index (χ1v) is 17.5. The summed E-state index contributed by atoms with van der Waals surface area (Å²) in [7, 11) is 0. The third-order valence-corrected chi connectivity index (χ3v) is 9.93. The van der Waals surface area contributed by atoms with Gasteiger partial charge in [0.25, 0.3) is 0 Å². The summed E-state index contributed by atoms with van der Waals surface area (Å²) in [6, 6.07) is 3.11. The second kappa shape index (κ2) is 14.9. The lowest BCUT2D eigenvalue weighted by Crippen LogP contribution is -2.32. The van der Waals surface area contributed by atoms with Crippen LogP contribution in [0.15, 0.2) is 22.9 Å². The number of Topliss-reactive ketones (excluding diaryl/α,β-unsaturated/α-hetero) is 1. The minimum atomic E-state index is -2.57. The highest BCUT2D eigenvalue weighted by molar-refractivity contribution is 7.13. The Bertz CT molecular complexity index is 1710. The lowest BCUT2D eigenvalue weighted by molar-refractivity contribution is -0.0366. The lowest BCUT2D eigenvalue weighted by Gasteiger charge is -2.29. The number of rotatable bonds is 8. The van der Waals surface area contributed by atoms with Gasteiger partial charge in [0.1, 0.15) is 17.3 Å². The number of halogens is 4. The molecular weight excluding hydrogens is 669 g/mol. The summed E-state index contributed by atoms with van der Waals surface area (Å²) >= 11 is 2.84. The van der Waals surface area contributed by atoms with Crippen LogP contribution in [0.4, 0.5) is 29.2 Å². The topological polar surface area (TPSA) is 139 Å². The second-order valence-electron chi connectivity index (χ2n) is 12.3. The second-order valence-corrected chi connectivity index (χ2v) is 14.0. The Morgan fingerprint density at radius 1 is 0.771 bits per heavy atom. The fourth-order valence-corrected chi connectivity index (χ4v) is 6.80. The first-order valence-electron chi connectivity index (χ1n) is 15.8. The van der Waals surface area contributed by atoms with E-state index in [1.807, 2.05) is 24.6 Å². The van der Waals surface area contributed by atoms with Gasteiger partial charge in [0.2, 0.25) is 11.8 Å². The van der Waals surface area contributed by atoms with Crippen LogP contribution in [0.1, 0.15) is 98.9 Å². The van der Waals surface area contributed by atoms with Crippen molar-refractivity contribution in [3.8, 4) is 21.7 Å². The Kier molecular flexibility index (Phi) is 11.0. The van der Waals surface area contributed by atoms with Crippen LogP contribution in [0.3, 0.4) is 0 Å². The summed E-state index contributed by atoms with van der Waals surface area (Å²) in [5, 5.41) is 21.3. The number of aryl methyl sites for hydroxylation is 2. The van der Waals surface area contributed by atoms with E-state index in [1.54, 1.807) is 19.1 Å². The molecular formula is C32H38F4N8O2S2. The molecule has 3 N–H and O–H groups in total. The van der Waals surface area contributed by atoms with Gasteiger partial charge in [-0.1, -0.05) is 0 Å². The van der Waals surface area contributed by atoms with Crippen LogP contribution in [0.2, 0.25) is 0 Å². The molecule has 16 heteroatoms. The van der Waals surface area contributed by atoms with Gasteiger partial charge in [-0.05, 0) is 46.5 Å². The number of anilines is 2.